The Morgan fingerprint density at radius 2 is 2.10 bits per heavy atom. The largest absolute Gasteiger partial charge is 0.312 e. The van der Waals surface area contributed by atoms with Gasteiger partial charge in [0, 0.05) is 41.7 Å². The van der Waals surface area contributed by atoms with E-state index in [0.717, 1.165) is 12.1 Å². The lowest BCUT2D eigenvalue weighted by Crippen LogP contribution is -2.45. The van der Waals surface area contributed by atoms with Gasteiger partial charge in [-0.15, -0.1) is 11.8 Å². The van der Waals surface area contributed by atoms with Crippen molar-refractivity contribution in [1.29, 1.82) is 0 Å². The summed E-state index contributed by atoms with van der Waals surface area (Å²) in [5, 5.41) is 3.91. The van der Waals surface area contributed by atoms with Crippen LogP contribution in [0.5, 0.6) is 0 Å². The summed E-state index contributed by atoms with van der Waals surface area (Å²) in [5.41, 5.74) is 1.57. The fourth-order valence-corrected chi connectivity index (χ4v) is 5.43. The molecule has 0 radical (unpaired) electrons. The molecule has 1 aromatic carbocycles. The molecule has 2 saturated heterocycles. The van der Waals surface area contributed by atoms with Gasteiger partial charge < -0.3 is 5.32 Å². The first-order valence-corrected chi connectivity index (χ1v) is 9.09. The van der Waals surface area contributed by atoms with Crippen LogP contribution in [0.1, 0.15) is 37.2 Å². The summed E-state index contributed by atoms with van der Waals surface area (Å²) in [6.07, 6.45) is 5.61. The highest BCUT2D eigenvalue weighted by Crippen LogP contribution is 2.39. The zero-order chi connectivity index (χ0) is 13.4. The van der Waals surface area contributed by atoms with Crippen LogP contribution >= 0.6 is 11.8 Å². The Morgan fingerprint density at radius 1 is 1.15 bits per heavy atom. The molecule has 0 spiro atoms. The maximum atomic E-state index is 3.91. The van der Waals surface area contributed by atoms with Gasteiger partial charge in [-0.1, -0.05) is 24.6 Å². The molecule has 0 aliphatic carbocycles. The molecule has 3 heterocycles. The fraction of sp³-hybridized carbons (Fsp3) is 0.647. The molecule has 20 heavy (non-hydrogen) atoms. The molecule has 0 saturated carbocycles. The van der Waals surface area contributed by atoms with E-state index in [1.807, 2.05) is 11.8 Å². The third-order valence-electron chi connectivity index (χ3n) is 5.28. The first kappa shape index (κ1) is 13.2. The number of rotatable bonds is 3. The normalized spacial score (nSPS) is 33.1. The number of benzene rings is 1. The van der Waals surface area contributed by atoms with E-state index < -0.39 is 0 Å². The molecule has 3 heteroatoms. The van der Waals surface area contributed by atoms with E-state index in [4.69, 9.17) is 0 Å². The summed E-state index contributed by atoms with van der Waals surface area (Å²) in [4.78, 5) is 4.23. The summed E-state index contributed by atoms with van der Waals surface area (Å²) >= 11 is 2.03. The Hall–Kier alpha value is -0.510. The van der Waals surface area contributed by atoms with Crippen LogP contribution in [0, 0.1) is 0 Å². The average molecular weight is 288 g/mol. The average Bonchev–Trinajstić information content (AvgIpc) is 3.09. The molecule has 108 valence electrons. The second-order valence-corrected chi connectivity index (χ2v) is 7.51. The van der Waals surface area contributed by atoms with Gasteiger partial charge in [-0.05, 0) is 37.4 Å². The van der Waals surface area contributed by atoms with E-state index in [2.05, 4.69) is 34.5 Å². The van der Waals surface area contributed by atoms with Gasteiger partial charge in [0.2, 0.25) is 0 Å². The van der Waals surface area contributed by atoms with Crippen LogP contribution in [0.4, 0.5) is 0 Å². The Balaban J connectivity index is 1.37. The Labute approximate surface area is 126 Å². The first-order valence-electron chi connectivity index (χ1n) is 8.11. The van der Waals surface area contributed by atoms with Crippen LogP contribution in [0.15, 0.2) is 29.2 Å². The van der Waals surface area contributed by atoms with Gasteiger partial charge in [0.15, 0.2) is 0 Å². The molecule has 0 aromatic heterocycles. The zero-order valence-electron chi connectivity index (χ0n) is 12.1. The summed E-state index contributed by atoms with van der Waals surface area (Å²) < 4.78 is 0. The molecular formula is C17H24N2S. The zero-order valence-corrected chi connectivity index (χ0v) is 12.9. The summed E-state index contributed by atoms with van der Waals surface area (Å²) in [5.74, 6) is 1.97. The van der Waals surface area contributed by atoms with Gasteiger partial charge in [0.05, 0.1) is 0 Å². The predicted molar refractivity (Wildman–Crippen MR) is 85.5 cm³/mol. The van der Waals surface area contributed by atoms with Crippen molar-refractivity contribution in [3.05, 3.63) is 29.8 Å². The first-order chi connectivity index (χ1) is 9.92. The van der Waals surface area contributed by atoms with Crippen LogP contribution in [0.2, 0.25) is 0 Å². The van der Waals surface area contributed by atoms with Crippen molar-refractivity contribution in [1.82, 2.24) is 10.2 Å². The number of nitrogens with one attached hydrogen (secondary N) is 1. The monoisotopic (exact) mass is 288 g/mol. The highest BCUT2D eigenvalue weighted by Gasteiger charge is 2.35. The highest BCUT2D eigenvalue weighted by atomic mass is 32.2. The predicted octanol–water partition coefficient (Wildman–Crippen LogP) is 3.09. The molecule has 2 nitrogen and oxygen atoms in total. The SMILES string of the molecule is c1ccc2c(c1)SCC2CNC1CCN2CCCCC12. The highest BCUT2D eigenvalue weighted by molar-refractivity contribution is 7.99. The molecule has 2 fully saturated rings. The molecule has 1 N–H and O–H groups in total. The van der Waals surface area contributed by atoms with Crippen molar-refractivity contribution in [3.8, 4) is 0 Å². The van der Waals surface area contributed by atoms with Crippen molar-refractivity contribution >= 4 is 11.8 Å². The van der Waals surface area contributed by atoms with Gasteiger partial charge in [-0.3, -0.25) is 4.90 Å². The second-order valence-electron chi connectivity index (χ2n) is 6.45. The molecule has 4 rings (SSSR count). The van der Waals surface area contributed by atoms with Gasteiger partial charge >= 0.3 is 0 Å². The Morgan fingerprint density at radius 3 is 3.10 bits per heavy atom. The number of hydrogen-bond acceptors (Lipinski definition) is 3. The molecule has 3 aliphatic rings. The van der Waals surface area contributed by atoms with Crippen molar-refractivity contribution in [2.75, 3.05) is 25.4 Å². The van der Waals surface area contributed by atoms with E-state index in [1.165, 1.54) is 56.0 Å². The minimum atomic E-state index is 0.717. The summed E-state index contributed by atoms with van der Waals surface area (Å²) in [6.45, 7) is 3.82. The van der Waals surface area contributed by atoms with Crippen LogP contribution in [-0.4, -0.2) is 42.4 Å². The molecule has 3 aliphatic heterocycles. The molecule has 3 atom stereocenters. The number of thioether (sulfide) groups is 1. The Kier molecular flexibility index (Phi) is 3.76. The lowest BCUT2D eigenvalue weighted by atomic mass is 9.97. The van der Waals surface area contributed by atoms with Gasteiger partial charge in [-0.25, -0.2) is 0 Å². The van der Waals surface area contributed by atoms with Crippen molar-refractivity contribution in [2.24, 2.45) is 0 Å². The smallest absolute Gasteiger partial charge is 0.0249 e. The quantitative estimate of drug-likeness (QED) is 0.920. The lowest BCUT2D eigenvalue weighted by Gasteiger charge is -2.33. The lowest BCUT2D eigenvalue weighted by molar-refractivity contribution is 0.180. The van der Waals surface area contributed by atoms with Gasteiger partial charge in [0.25, 0.3) is 0 Å². The van der Waals surface area contributed by atoms with Crippen molar-refractivity contribution < 1.29 is 0 Å². The van der Waals surface area contributed by atoms with Crippen molar-refractivity contribution in [2.45, 2.75) is 48.6 Å². The standard InChI is InChI=1S/C17H24N2S/c1-2-7-17-14(5-1)13(12-20-17)11-18-15-8-10-19-9-4-3-6-16(15)19/h1-2,5,7,13,15-16,18H,3-4,6,8-12H2. The van der Waals surface area contributed by atoms with E-state index in [0.29, 0.717) is 5.92 Å². The minimum Gasteiger partial charge on any atom is -0.312 e. The third-order valence-corrected chi connectivity index (χ3v) is 6.53. The maximum Gasteiger partial charge on any atom is 0.0249 e. The minimum absolute atomic E-state index is 0.717. The van der Waals surface area contributed by atoms with Crippen LogP contribution in [0.25, 0.3) is 0 Å². The van der Waals surface area contributed by atoms with Gasteiger partial charge in [0.1, 0.15) is 0 Å². The maximum absolute atomic E-state index is 3.91. The van der Waals surface area contributed by atoms with E-state index in [1.54, 1.807) is 5.56 Å². The Bertz CT molecular complexity index is 476. The molecule has 0 bridgehead atoms. The van der Waals surface area contributed by atoms with E-state index >= 15 is 0 Å². The number of piperidine rings is 1. The van der Waals surface area contributed by atoms with Gasteiger partial charge in [-0.2, -0.15) is 0 Å². The third kappa shape index (κ3) is 2.40. The summed E-state index contributed by atoms with van der Waals surface area (Å²) in [7, 11) is 0. The molecule has 1 aromatic rings. The summed E-state index contributed by atoms with van der Waals surface area (Å²) in [6, 6.07) is 10.5. The topological polar surface area (TPSA) is 15.3 Å². The number of nitrogens with zero attached hydrogens (tertiary/aromatic N) is 1. The second kappa shape index (κ2) is 5.70. The molecular weight excluding hydrogens is 264 g/mol. The fourth-order valence-electron chi connectivity index (χ4n) is 4.18. The number of hydrogen-bond donors (Lipinski definition) is 1. The van der Waals surface area contributed by atoms with Crippen LogP contribution < -0.4 is 5.32 Å². The molecule has 0 amide bonds. The van der Waals surface area contributed by atoms with Crippen LogP contribution in [0.3, 0.4) is 0 Å². The van der Waals surface area contributed by atoms with Crippen LogP contribution in [-0.2, 0) is 0 Å². The van der Waals surface area contributed by atoms with E-state index in [9.17, 15) is 0 Å². The van der Waals surface area contributed by atoms with E-state index in [-0.39, 0.29) is 0 Å². The molecule has 3 unspecified atom stereocenters. The number of fused-ring (bicyclic) bond motifs is 2. The van der Waals surface area contributed by atoms with Crippen molar-refractivity contribution in [3.63, 3.8) is 0 Å².